The first kappa shape index (κ1) is 16.9. The van der Waals surface area contributed by atoms with E-state index in [-0.39, 0.29) is 23.9 Å². The molecular weight excluding hydrogens is 326 g/mol. The average molecular weight is 347 g/mol. The van der Waals surface area contributed by atoms with Crippen LogP contribution in [-0.4, -0.2) is 57.0 Å². The van der Waals surface area contributed by atoms with Crippen LogP contribution in [0.25, 0.3) is 10.8 Å². The lowest BCUT2D eigenvalue weighted by atomic mass is 10.0. The Balaban J connectivity index is 1.49. The van der Waals surface area contributed by atoms with Crippen LogP contribution in [0.1, 0.15) is 5.56 Å². The Morgan fingerprint density at radius 1 is 1.04 bits per heavy atom. The molecule has 0 unspecified atom stereocenters. The highest BCUT2D eigenvalue weighted by Gasteiger charge is 2.21. The van der Waals surface area contributed by atoms with Crippen LogP contribution in [0.4, 0.5) is 0 Å². The molecule has 0 N–H and O–H groups in total. The van der Waals surface area contributed by atoms with Crippen molar-refractivity contribution in [3.05, 3.63) is 48.0 Å². The zero-order valence-electron chi connectivity index (χ0n) is 13.5. The van der Waals surface area contributed by atoms with Crippen LogP contribution in [0.15, 0.2) is 42.5 Å². The number of carbonyl (C=O) groups excluding carboxylic acids is 1. The molecule has 0 saturated carbocycles. The SMILES string of the molecule is O=C(Cc1cccc2ccccc12)OCCN1CCS(=O)(=O)CC1. The second-order valence-corrected chi connectivity index (χ2v) is 8.33. The Morgan fingerprint density at radius 2 is 1.75 bits per heavy atom. The number of benzene rings is 2. The van der Waals surface area contributed by atoms with E-state index in [1.807, 2.05) is 47.4 Å². The summed E-state index contributed by atoms with van der Waals surface area (Å²) >= 11 is 0. The van der Waals surface area contributed by atoms with Crippen LogP contribution < -0.4 is 0 Å². The summed E-state index contributed by atoms with van der Waals surface area (Å²) in [7, 11) is -2.87. The maximum atomic E-state index is 12.1. The van der Waals surface area contributed by atoms with E-state index in [9.17, 15) is 13.2 Å². The number of esters is 1. The van der Waals surface area contributed by atoms with Gasteiger partial charge in [0.05, 0.1) is 17.9 Å². The molecule has 0 amide bonds. The summed E-state index contributed by atoms with van der Waals surface area (Å²) in [6.07, 6.45) is 0.246. The first-order chi connectivity index (χ1) is 11.5. The first-order valence-electron chi connectivity index (χ1n) is 8.08. The molecule has 2 aromatic carbocycles. The normalized spacial score (nSPS) is 17.7. The zero-order chi connectivity index (χ0) is 17.0. The Labute approximate surface area is 142 Å². The molecule has 1 aliphatic heterocycles. The topological polar surface area (TPSA) is 63.7 Å². The number of hydrogen-bond acceptors (Lipinski definition) is 5. The Morgan fingerprint density at radius 3 is 2.54 bits per heavy atom. The van der Waals surface area contributed by atoms with Gasteiger partial charge in [-0.1, -0.05) is 42.5 Å². The first-order valence-corrected chi connectivity index (χ1v) is 9.91. The third kappa shape index (κ3) is 4.33. The van der Waals surface area contributed by atoms with Crippen molar-refractivity contribution in [2.24, 2.45) is 0 Å². The van der Waals surface area contributed by atoms with Gasteiger partial charge >= 0.3 is 5.97 Å². The average Bonchev–Trinajstić information content (AvgIpc) is 2.57. The molecule has 5 nitrogen and oxygen atoms in total. The molecule has 1 heterocycles. The largest absolute Gasteiger partial charge is 0.464 e. The number of sulfone groups is 1. The highest BCUT2D eigenvalue weighted by molar-refractivity contribution is 7.91. The van der Waals surface area contributed by atoms with Crippen molar-refractivity contribution in [1.29, 1.82) is 0 Å². The smallest absolute Gasteiger partial charge is 0.310 e. The minimum atomic E-state index is -2.87. The lowest BCUT2D eigenvalue weighted by Gasteiger charge is -2.26. The maximum Gasteiger partial charge on any atom is 0.310 e. The van der Waals surface area contributed by atoms with Crippen molar-refractivity contribution in [2.75, 3.05) is 37.7 Å². The Kier molecular flexibility index (Phi) is 5.16. The second kappa shape index (κ2) is 7.32. The van der Waals surface area contributed by atoms with E-state index in [1.165, 1.54) is 0 Å². The standard InChI is InChI=1S/C18H21NO4S/c20-18(23-11-8-19-9-12-24(21,22)13-10-19)14-16-6-3-5-15-4-1-2-7-17(15)16/h1-7H,8-14H2. The van der Waals surface area contributed by atoms with Crippen LogP contribution in [0.2, 0.25) is 0 Å². The van der Waals surface area contributed by atoms with Crippen molar-refractivity contribution >= 4 is 26.6 Å². The van der Waals surface area contributed by atoms with E-state index in [0.717, 1.165) is 16.3 Å². The third-order valence-corrected chi connectivity index (χ3v) is 5.93. The quantitative estimate of drug-likeness (QED) is 0.770. The van der Waals surface area contributed by atoms with Gasteiger partial charge in [-0.25, -0.2) is 8.42 Å². The van der Waals surface area contributed by atoms with Crippen molar-refractivity contribution in [2.45, 2.75) is 6.42 Å². The molecule has 24 heavy (non-hydrogen) atoms. The van der Waals surface area contributed by atoms with Crippen molar-refractivity contribution in [3.63, 3.8) is 0 Å². The third-order valence-electron chi connectivity index (χ3n) is 4.32. The number of ether oxygens (including phenoxy) is 1. The van der Waals surface area contributed by atoms with E-state index in [4.69, 9.17) is 4.74 Å². The molecule has 0 spiro atoms. The Hall–Kier alpha value is -1.92. The summed E-state index contributed by atoms with van der Waals surface area (Å²) in [5, 5.41) is 2.18. The summed E-state index contributed by atoms with van der Waals surface area (Å²) in [5.41, 5.74) is 0.960. The second-order valence-electron chi connectivity index (χ2n) is 6.03. The summed E-state index contributed by atoms with van der Waals surface area (Å²) < 4.78 is 28.1. The van der Waals surface area contributed by atoms with Gasteiger partial charge < -0.3 is 4.74 Å². The summed E-state index contributed by atoms with van der Waals surface area (Å²) in [6.45, 7) is 1.91. The predicted octanol–water partition coefficient (Wildman–Crippen LogP) is 1.66. The molecule has 0 radical (unpaired) electrons. The molecule has 3 rings (SSSR count). The minimum Gasteiger partial charge on any atom is -0.464 e. The van der Waals surface area contributed by atoms with Crippen molar-refractivity contribution < 1.29 is 17.9 Å². The lowest BCUT2D eigenvalue weighted by Crippen LogP contribution is -2.41. The van der Waals surface area contributed by atoms with Crippen LogP contribution in [0.3, 0.4) is 0 Å². The fourth-order valence-electron chi connectivity index (χ4n) is 2.92. The van der Waals surface area contributed by atoms with Crippen LogP contribution in [0, 0.1) is 0 Å². The molecule has 1 saturated heterocycles. The highest BCUT2D eigenvalue weighted by Crippen LogP contribution is 2.19. The molecule has 1 aliphatic rings. The summed E-state index contributed by atoms with van der Waals surface area (Å²) in [5.74, 6) is 0.129. The van der Waals surface area contributed by atoms with Crippen molar-refractivity contribution in [1.82, 2.24) is 4.90 Å². The molecule has 0 atom stereocenters. The number of fused-ring (bicyclic) bond motifs is 1. The van der Waals surface area contributed by atoms with E-state index in [0.29, 0.717) is 26.2 Å². The number of carbonyl (C=O) groups is 1. The van der Waals surface area contributed by atoms with Gasteiger partial charge in [-0.15, -0.1) is 0 Å². The van der Waals surface area contributed by atoms with Crippen LogP contribution in [0.5, 0.6) is 0 Å². The molecule has 6 heteroatoms. The van der Waals surface area contributed by atoms with Gasteiger partial charge in [0.15, 0.2) is 9.84 Å². The van der Waals surface area contributed by atoms with Gasteiger partial charge in [0.25, 0.3) is 0 Å². The number of nitrogens with zero attached hydrogens (tertiary/aromatic N) is 1. The van der Waals surface area contributed by atoms with Crippen LogP contribution >= 0.6 is 0 Å². The molecular formula is C18H21NO4S. The van der Waals surface area contributed by atoms with Gasteiger partial charge in [-0.05, 0) is 16.3 Å². The predicted molar refractivity (Wildman–Crippen MR) is 93.7 cm³/mol. The highest BCUT2D eigenvalue weighted by atomic mass is 32.2. The van der Waals surface area contributed by atoms with Gasteiger partial charge in [0, 0.05) is 19.6 Å². The monoisotopic (exact) mass is 347 g/mol. The number of hydrogen-bond donors (Lipinski definition) is 0. The Bertz CT molecular complexity index is 813. The van der Waals surface area contributed by atoms with E-state index in [2.05, 4.69) is 0 Å². The summed E-state index contributed by atoms with van der Waals surface area (Å²) in [4.78, 5) is 14.1. The fraction of sp³-hybridized carbons (Fsp3) is 0.389. The molecule has 0 bridgehead atoms. The summed E-state index contributed by atoms with van der Waals surface area (Å²) in [6, 6.07) is 13.9. The lowest BCUT2D eigenvalue weighted by molar-refractivity contribution is -0.143. The molecule has 0 aromatic heterocycles. The van der Waals surface area contributed by atoms with E-state index < -0.39 is 9.84 Å². The van der Waals surface area contributed by atoms with E-state index in [1.54, 1.807) is 0 Å². The van der Waals surface area contributed by atoms with E-state index >= 15 is 0 Å². The van der Waals surface area contributed by atoms with Gasteiger partial charge in [-0.2, -0.15) is 0 Å². The van der Waals surface area contributed by atoms with Gasteiger partial charge in [-0.3, -0.25) is 9.69 Å². The minimum absolute atomic E-state index is 0.191. The van der Waals surface area contributed by atoms with Gasteiger partial charge in [0.1, 0.15) is 6.61 Å². The maximum absolute atomic E-state index is 12.1. The zero-order valence-corrected chi connectivity index (χ0v) is 14.3. The molecule has 128 valence electrons. The van der Waals surface area contributed by atoms with Crippen LogP contribution in [-0.2, 0) is 25.8 Å². The number of rotatable bonds is 5. The van der Waals surface area contributed by atoms with Gasteiger partial charge in [0.2, 0.25) is 0 Å². The molecule has 0 aliphatic carbocycles. The fourth-order valence-corrected chi connectivity index (χ4v) is 4.19. The molecule has 1 fully saturated rings. The van der Waals surface area contributed by atoms with Crippen molar-refractivity contribution in [3.8, 4) is 0 Å². The molecule has 2 aromatic rings.